The molecule has 0 aromatic carbocycles. The van der Waals surface area contributed by atoms with E-state index in [0.717, 1.165) is 38.6 Å². The number of aldehydes is 1. The maximum absolute atomic E-state index is 11.6. The van der Waals surface area contributed by atoms with Crippen LogP contribution in [0.5, 0.6) is 0 Å². The highest BCUT2D eigenvalue weighted by Crippen LogP contribution is 2.35. The SMILES string of the molecule is C=C[C@H](C[C@H](C(C=O)O[SiH](C)C)C(C)(C)C)OC1CCCCO1. The Morgan fingerprint density at radius 3 is 2.48 bits per heavy atom. The van der Waals surface area contributed by atoms with Gasteiger partial charge >= 0.3 is 0 Å². The fourth-order valence-corrected chi connectivity index (χ4v) is 3.87. The Morgan fingerprint density at radius 2 is 2.04 bits per heavy atom. The first-order valence-corrected chi connectivity index (χ1v) is 11.6. The standard InChI is InChI=1S/C18H34O4Si/c1-7-14(21-17-10-8-9-11-20-17)12-15(18(2,3)4)16(13-19)22-23(5)6/h7,13-17,23H,1,8-12H2,2-6H3/t14-,15-,16?,17?/m1/s1. The quantitative estimate of drug-likeness (QED) is 0.364. The van der Waals surface area contributed by atoms with Gasteiger partial charge in [-0.3, -0.25) is 0 Å². The fourth-order valence-electron chi connectivity index (χ4n) is 2.99. The molecule has 134 valence electrons. The van der Waals surface area contributed by atoms with Crippen LogP contribution < -0.4 is 0 Å². The number of carbonyl (C=O) groups excluding carboxylic acids is 1. The molecule has 0 saturated carbocycles. The Morgan fingerprint density at radius 1 is 1.35 bits per heavy atom. The summed E-state index contributed by atoms with van der Waals surface area (Å²) >= 11 is 0. The van der Waals surface area contributed by atoms with Crippen LogP contribution in [0.15, 0.2) is 12.7 Å². The first kappa shape index (κ1) is 20.6. The largest absolute Gasteiger partial charge is 0.411 e. The molecule has 4 nitrogen and oxygen atoms in total. The highest BCUT2D eigenvalue weighted by atomic mass is 28.3. The van der Waals surface area contributed by atoms with Crippen molar-refractivity contribution in [1.29, 1.82) is 0 Å². The summed E-state index contributed by atoms with van der Waals surface area (Å²) in [5.74, 6) is 0.0847. The Labute approximate surface area is 143 Å². The fraction of sp³-hybridized carbons (Fsp3) is 0.833. The highest BCUT2D eigenvalue weighted by molar-refractivity contribution is 6.48. The number of carbonyl (C=O) groups is 1. The summed E-state index contributed by atoms with van der Waals surface area (Å²) < 4.78 is 17.7. The van der Waals surface area contributed by atoms with Crippen LogP contribution in [0.3, 0.4) is 0 Å². The molecule has 5 heteroatoms. The molecule has 0 amide bonds. The molecular formula is C18H34O4Si. The van der Waals surface area contributed by atoms with Crippen LogP contribution in [0.4, 0.5) is 0 Å². The van der Waals surface area contributed by atoms with Crippen molar-refractivity contribution in [1.82, 2.24) is 0 Å². The molecule has 1 aliphatic rings. The van der Waals surface area contributed by atoms with Gasteiger partial charge in [-0.1, -0.05) is 26.8 Å². The molecule has 1 heterocycles. The second kappa shape index (κ2) is 9.72. The predicted molar refractivity (Wildman–Crippen MR) is 96.0 cm³/mol. The van der Waals surface area contributed by atoms with E-state index in [2.05, 4.69) is 40.4 Å². The van der Waals surface area contributed by atoms with E-state index in [9.17, 15) is 4.79 Å². The van der Waals surface area contributed by atoms with Crippen LogP contribution in [-0.4, -0.2) is 40.4 Å². The van der Waals surface area contributed by atoms with Gasteiger partial charge in [0.05, 0.1) is 6.10 Å². The van der Waals surface area contributed by atoms with Gasteiger partial charge in [-0.25, -0.2) is 0 Å². The smallest absolute Gasteiger partial charge is 0.171 e. The van der Waals surface area contributed by atoms with E-state index in [1.807, 2.05) is 6.08 Å². The van der Waals surface area contributed by atoms with E-state index in [1.165, 1.54) is 0 Å². The molecule has 1 fully saturated rings. The van der Waals surface area contributed by atoms with Crippen LogP contribution in [0.2, 0.25) is 13.1 Å². The first-order chi connectivity index (χ1) is 10.8. The van der Waals surface area contributed by atoms with Gasteiger partial charge in [-0.15, -0.1) is 6.58 Å². The van der Waals surface area contributed by atoms with Crippen molar-refractivity contribution in [2.24, 2.45) is 11.3 Å². The number of hydrogen-bond acceptors (Lipinski definition) is 4. The normalized spacial score (nSPS) is 23.3. The van der Waals surface area contributed by atoms with Crippen LogP contribution in [0.25, 0.3) is 0 Å². The van der Waals surface area contributed by atoms with Gasteiger partial charge in [0.2, 0.25) is 0 Å². The molecule has 2 unspecified atom stereocenters. The molecule has 23 heavy (non-hydrogen) atoms. The van der Waals surface area contributed by atoms with Gasteiger partial charge in [0.1, 0.15) is 12.4 Å². The Hall–Kier alpha value is -0.493. The van der Waals surface area contributed by atoms with E-state index < -0.39 is 9.04 Å². The van der Waals surface area contributed by atoms with Gasteiger partial charge in [0.15, 0.2) is 15.3 Å². The third-order valence-electron chi connectivity index (χ3n) is 4.29. The zero-order valence-corrected chi connectivity index (χ0v) is 16.6. The molecule has 4 atom stereocenters. The second-order valence-corrected chi connectivity index (χ2v) is 10.1. The van der Waals surface area contributed by atoms with E-state index in [1.54, 1.807) is 0 Å². The topological polar surface area (TPSA) is 44.8 Å². The molecule has 0 radical (unpaired) electrons. The van der Waals surface area contributed by atoms with E-state index in [0.29, 0.717) is 0 Å². The predicted octanol–water partition coefficient (Wildman–Crippen LogP) is 3.70. The average Bonchev–Trinajstić information content (AvgIpc) is 2.49. The monoisotopic (exact) mass is 342 g/mol. The summed E-state index contributed by atoms with van der Waals surface area (Å²) in [5, 5.41) is 0. The number of ether oxygens (including phenoxy) is 2. The average molecular weight is 343 g/mol. The third kappa shape index (κ3) is 7.29. The maximum atomic E-state index is 11.6. The van der Waals surface area contributed by atoms with Crippen LogP contribution in [-0.2, 0) is 18.7 Å². The Kier molecular flexibility index (Phi) is 8.68. The van der Waals surface area contributed by atoms with Crippen molar-refractivity contribution in [2.75, 3.05) is 6.61 Å². The minimum absolute atomic E-state index is 0.0487. The van der Waals surface area contributed by atoms with Gasteiger partial charge in [0.25, 0.3) is 0 Å². The zero-order valence-electron chi connectivity index (χ0n) is 15.4. The molecule has 0 aromatic rings. The van der Waals surface area contributed by atoms with Gasteiger partial charge < -0.3 is 18.7 Å². The summed E-state index contributed by atoms with van der Waals surface area (Å²) in [7, 11) is -1.29. The lowest BCUT2D eigenvalue weighted by atomic mass is 9.74. The highest BCUT2D eigenvalue weighted by Gasteiger charge is 2.35. The minimum atomic E-state index is -1.29. The molecule has 0 aromatic heterocycles. The molecular weight excluding hydrogens is 308 g/mol. The second-order valence-electron chi connectivity index (χ2n) is 7.70. The molecule has 0 aliphatic carbocycles. The number of hydrogen-bond donors (Lipinski definition) is 0. The summed E-state index contributed by atoms with van der Waals surface area (Å²) in [6, 6.07) is 0. The third-order valence-corrected chi connectivity index (χ3v) is 5.14. The molecule has 1 rings (SSSR count). The lowest BCUT2D eigenvalue weighted by molar-refractivity contribution is -0.184. The van der Waals surface area contributed by atoms with Gasteiger partial charge in [0, 0.05) is 6.61 Å². The summed E-state index contributed by atoms with van der Waals surface area (Å²) in [6.07, 6.45) is 6.02. The van der Waals surface area contributed by atoms with Crippen LogP contribution in [0, 0.1) is 11.3 Å². The van der Waals surface area contributed by atoms with Crippen molar-refractivity contribution in [3.05, 3.63) is 12.7 Å². The molecule has 1 saturated heterocycles. The van der Waals surface area contributed by atoms with Crippen molar-refractivity contribution in [2.45, 2.75) is 78.0 Å². The van der Waals surface area contributed by atoms with Crippen molar-refractivity contribution < 1.29 is 18.7 Å². The van der Waals surface area contributed by atoms with Crippen LogP contribution in [0.1, 0.15) is 46.5 Å². The van der Waals surface area contributed by atoms with E-state index in [-0.39, 0.29) is 29.8 Å². The lowest BCUT2D eigenvalue weighted by Crippen LogP contribution is -2.40. The first-order valence-electron chi connectivity index (χ1n) is 8.78. The zero-order chi connectivity index (χ0) is 17.5. The van der Waals surface area contributed by atoms with E-state index in [4.69, 9.17) is 13.9 Å². The molecule has 1 aliphatic heterocycles. The Bertz CT molecular complexity index is 359. The summed E-state index contributed by atoms with van der Waals surface area (Å²) in [6.45, 7) is 15.3. The van der Waals surface area contributed by atoms with Crippen molar-refractivity contribution in [3.8, 4) is 0 Å². The molecule has 0 spiro atoms. The number of rotatable bonds is 9. The maximum Gasteiger partial charge on any atom is 0.171 e. The molecule has 0 bridgehead atoms. The lowest BCUT2D eigenvalue weighted by Gasteiger charge is -2.38. The van der Waals surface area contributed by atoms with Gasteiger partial charge in [-0.2, -0.15) is 0 Å². The minimum Gasteiger partial charge on any atom is -0.411 e. The summed E-state index contributed by atoms with van der Waals surface area (Å²) in [5.41, 5.74) is -0.0487. The molecule has 0 N–H and O–H groups in total. The van der Waals surface area contributed by atoms with Crippen LogP contribution >= 0.6 is 0 Å². The van der Waals surface area contributed by atoms with Crippen molar-refractivity contribution in [3.63, 3.8) is 0 Å². The van der Waals surface area contributed by atoms with Crippen molar-refractivity contribution >= 4 is 15.3 Å². The summed E-state index contributed by atoms with van der Waals surface area (Å²) in [4.78, 5) is 11.6. The van der Waals surface area contributed by atoms with E-state index >= 15 is 0 Å². The Balaban J connectivity index is 2.76. The van der Waals surface area contributed by atoms with Gasteiger partial charge in [-0.05, 0) is 50.1 Å².